The van der Waals surface area contributed by atoms with E-state index >= 15 is 0 Å². The van der Waals surface area contributed by atoms with Gasteiger partial charge in [-0.2, -0.15) is 0 Å². The van der Waals surface area contributed by atoms with E-state index in [-0.39, 0.29) is 5.97 Å². The predicted octanol–water partition coefficient (Wildman–Crippen LogP) is 1.71. The van der Waals surface area contributed by atoms with Crippen molar-refractivity contribution in [1.82, 2.24) is 10.6 Å². The molecule has 0 saturated heterocycles. The number of benzene rings is 1. The van der Waals surface area contributed by atoms with E-state index in [0.29, 0.717) is 18.7 Å². The summed E-state index contributed by atoms with van der Waals surface area (Å²) < 4.78 is 4.65. The molecular weight excluding hydrogens is 254 g/mol. The van der Waals surface area contributed by atoms with Crippen LogP contribution in [0.2, 0.25) is 0 Å². The lowest BCUT2D eigenvalue weighted by molar-refractivity contribution is 0.0600. The molecule has 1 aromatic rings. The molecule has 0 heterocycles. The number of carbonyl (C=O) groups is 1. The average molecular weight is 275 g/mol. The van der Waals surface area contributed by atoms with Crippen LogP contribution in [0, 0.1) is 0 Å². The third-order valence-corrected chi connectivity index (χ3v) is 2.55. The van der Waals surface area contributed by atoms with Gasteiger partial charge in [-0.1, -0.05) is 18.2 Å². The first-order valence-electron chi connectivity index (χ1n) is 6.51. The summed E-state index contributed by atoms with van der Waals surface area (Å²) in [5.74, 6) is 0.408. The normalized spacial score (nSPS) is 10.8. The van der Waals surface area contributed by atoms with Crippen LogP contribution in [0.4, 0.5) is 0 Å². The van der Waals surface area contributed by atoms with Crippen LogP contribution in [0.1, 0.15) is 22.8 Å². The van der Waals surface area contributed by atoms with Crippen LogP contribution >= 0.6 is 0 Å². The van der Waals surface area contributed by atoms with E-state index in [9.17, 15) is 4.79 Å². The molecule has 0 radical (unpaired) electrons. The highest BCUT2D eigenvalue weighted by Gasteiger charge is 2.04. The number of hydrogen-bond donors (Lipinski definition) is 2. The van der Waals surface area contributed by atoms with Crippen LogP contribution < -0.4 is 10.6 Å². The molecule has 0 unspecified atom stereocenters. The quantitative estimate of drug-likeness (QED) is 0.359. The maximum Gasteiger partial charge on any atom is 0.337 e. The summed E-state index contributed by atoms with van der Waals surface area (Å²) in [4.78, 5) is 15.8. The van der Waals surface area contributed by atoms with Crippen LogP contribution in [-0.2, 0) is 11.3 Å². The molecule has 1 aromatic carbocycles. The van der Waals surface area contributed by atoms with Crippen LogP contribution in [0.15, 0.2) is 41.9 Å². The third kappa shape index (κ3) is 5.14. The first kappa shape index (κ1) is 15.8. The first-order valence-corrected chi connectivity index (χ1v) is 6.51. The zero-order valence-electron chi connectivity index (χ0n) is 12.0. The Bertz CT molecular complexity index is 467. The summed E-state index contributed by atoms with van der Waals surface area (Å²) in [5, 5.41) is 6.27. The molecule has 0 amide bonds. The van der Waals surface area contributed by atoms with Gasteiger partial charge in [0.1, 0.15) is 0 Å². The molecule has 0 aliphatic rings. The largest absolute Gasteiger partial charge is 0.465 e. The van der Waals surface area contributed by atoms with E-state index < -0.39 is 0 Å². The second kappa shape index (κ2) is 8.74. The lowest BCUT2D eigenvalue weighted by atomic mass is 10.1. The Kier molecular flexibility index (Phi) is 6.89. The van der Waals surface area contributed by atoms with Crippen molar-refractivity contribution in [3.63, 3.8) is 0 Å². The standard InChI is InChI=1S/C15H21N3O2/c1-4-10-17-15(16-5-2)18-11-12-6-8-13(9-7-12)14(19)20-3/h4,6-9H,1,5,10-11H2,2-3H3,(H2,16,17,18). The van der Waals surface area contributed by atoms with Crippen molar-refractivity contribution in [2.75, 3.05) is 20.2 Å². The van der Waals surface area contributed by atoms with Gasteiger partial charge in [-0.25, -0.2) is 9.79 Å². The highest BCUT2D eigenvalue weighted by Crippen LogP contribution is 2.06. The average Bonchev–Trinajstić information content (AvgIpc) is 2.49. The van der Waals surface area contributed by atoms with Crippen molar-refractivity contribution >= 4 is 11.9 Å². The molecule has 0 aliphatic carbocycles. The number of methoxy groups -OCH3 is 1. The van der Waals surface area contributed by atoms with Gasteiger partial charge in [0.05, 0.1) is 19.2 Å². The topological polar surface area (TPSA) is 62.7 Å². The summed E-state index contributed by atoms with van der Waals surface area (Å²) in [6.07, 6.45) is 1.78. The maximum atomic E-state index is 11.3. The molecule has 0 saturated carbocycles. The van der Waals surface area contributed by atoms with Gasteiger partial charge in [0.25, 0.3) is 0 Å². The van der Waals surface area contributed by atoms with Gasteiger partial charge in [-0.3, -0.25) is 0 Å². The van der Waals surface area contributed by atoms with Gasteiger partial charge in [0, 0.05) is 13.1 Å². The van der Waals surface area contributed by atoms with Crippen LogP contribution in [0.25, 0.3) is 0 Å². The highest BCUT2D eigenvalue weighted by molar-refractivity contribution is 5.89. The number of hydrogen-bond acceptors (Lipinski definition) is 3. The fourth-order valence-corrected chi connectivity index (χ4v) is 1.55. The molecular formula is C15H21N3O2. The Labute approximate surface area is 119 Å². The number of carbonyl (C=O) groups excluding carboxylic acids is 1. The number of esters is 1. The van der Waals surface area contributed by atoms with Crippen molar-refractivity contribution in [3.05, 3.63) is 48.0 Å². The third-order valence-electron chi connectivity index (χ3n) is 2.55. The number of nitrogens with zero attached hydrogens (tertiary/aromatic N) is 1. The van der Waals surface area contributed by atoms with E-state index in [0.717, 1.165) is 18.1 Å². The molecule has 2 N–H and O–H groups in total. The molecule has 5 nitrogen and oxygen atoms in total. The van der Waals surface area contributed by atoms with Crippen molar-refractivity contribution in [1.29, 1.82) is 0 Å². The van der Waals surface area contributed by atoms with Gasteiger partial charge in [-0.05, 0) is 24.6 Å². The maximum absolute atomic E-state index is 11.3. The Morgan fingerprint density at radius 2 is 2.05 bits per heavy atom. The number of nitrogens with one attached hydrogen (secondary N) is 2. The van der Waals surface area contributed by atoms with E-state index in [1.54, 1.807) is 18.2 Å². The second-order valence-electron chi connectivity index (χ2n) is 4.05. The lowest BCUT2D eigenvalue weighted by Crippen LogP contribution is -2.37. The predicted molar refractivity (Wildman–Crippen MR) is 80.8 cm³/mol. The second-order valence-corrected chi connectivity index (χ2v) is 4.05. The Balaban J connectivity index is 2.66. The molecule has 20 heavy (non-hydrogen) atoms. The molecule has 0 spiro atoms. The fourth-order valence-electron chi connectivity index (χ4n) is 1.55. The van der Waals surface area contributed by atoms with Crippen LogP contribution in [0.3, 0.4) is 0 Å². The minimum absolute atomic E-state index is 0.332. The minimum atomic E-state index is -0.332. The number of guanidine groups is 1. The van der Waals surface area contributed by atoms with Crippen molar-refractivity contribution < 1.29 is 9.53 Å². The Morgan fingerprint density at radius 3 is 2.60 bits per heavy atom. The Hall–Kier alpha value is -2.30. The minimum Gasteiger partial charge on any atom is -0.465 e. The highest BCUT2D eigenvalue weighted by atomic mass is 16.5. The van der Waals surface area contributed by atoms with Crippen molar-refractivity contribution in [2.45, 2.75) is 13.5 Å². The van der Waals surface area contributed by atoms with Crippen LogP contribution in [0.5, 0.6) is 0 Å². The SMILES string of the molecule is C=CCNC(=NCc1ccc(C(=O)OC)cc1)NCC. The molecule has 5 heteroatoms. The summed E-state index contributed by atoms with van der Waals surface area (Å²) >= 11 is 0. The summed E-state index contributed by atoms with van der Waals surface area (Å²) in [7, 11) is 1.37. The zero-order valence-corrected chi connectivity index (χ0v) is 12.0. The molecule has 0 fully saturated rings. The lowest BCUT2D eigenvalue weighted by Gasteiger charge is -2.09. The molecule has 0 bridgehead atoms. The van der Waals surface area contributed by atoms with Gasteiger partial charge in [0.2, 0.25) is 0 Å². The molecule has 1 rings (SSSR count). The summed E-state index contributed by atoms with van der Waals surface area (Å²) in [6.45, 7) is 7.66. The van der Waals surface area contributed by atoms with Gasteiger partial charge < -0.3 is 15.4 Å². The molecule has 0 aromatic heterocycles. The zero-order chi connectivity index (χ0) is 14.8. The smallest absolute Gasteiger partial charge is 0.337 e. The van der Waals surface area contributed by atoms with Crippen LogP contribution in [-0.4, -0.2) is 32.1 Å². The monoisotopic (exact) mass is 275 g/mol. The summed E-state index contributed by atoms with van der Waals surface area (Å²) in [5.41, 5.74) is 1.56. The van der Waals surface area contributed by atoms with Crippen molar-refractivity contribution in [3.8, 4) is 0 Å². The molecule has 0 aliphatic heterocycles. The number of rotatable bonds is 6. The van der Waals surface area contributed by atoms with E-state index in [4.69, 9.17) is 0 Å². The van der Waals surface area contributed by atoms with Gasteiger partial charge in [0.15, 0.2) is 5.96 Å². The van der Waals surface area contributed by atoms with E-state index in [1.165, 1.54) is 7.11 Å². The van der Waals surface area contributed by atoms with Gasteiger partial charge >= 0.3 is 5.97 Å². The fraction of sp³-hybridized carbons (Fsp3) is 0.333. The number of ether oxygens (including phenoxy) is 1. The molecule has 108 valence electrons. The van der Waals surface area contributed by atoms with Crippen molar-refractivity contribution in [2.24, 2.45) is 4.99 Å². The molecule has 0 atom stereocenters. The first-order chi connectivity index (χ1) is 9.71. The number of aliphatic imine (C=N–C) groups is 1. The van der Waals surface area contributed by atoms with E-state index in [1.807, 2.05) is 19.1 Å². The van der Waals surface area contributed by atoms with Gasteiger partial charge in [-0.15, -0.1) is 6.58 Å². The van der Waals surface area contributed by atoms with E-state index in [2.05, 4.69) is 26.9 Å². The summed E-state index contributed by atoms with van der Waals surface area (Å²) in [6, 6.07) is 7.21. The Morgan fingerprint density at radius 1 is 1.35 bits per heavy atom.